The summed E-state index contributed by atoms with van der Waals surface area (Å²) in [6.45, 7) is 1.46. The Morgan fingerprint density at radius 1 is 0.963 bits per heavy atom. The molecule has 0 aromatic heterocycles. The first-order valence-electron chi connectivity index (χ1n) is 8.03. The molecule has 0 aliphatic carbocycles. The number of fused-ring (bicyclic) bond motifs is 1. The van der Waals surface area contributed by atoms with E-state index in [2.05, 4.69) is 10.0 Å². The third-order valence-electron chi connectivity index (χ3n) is 3.95. The van der Waals surface area contributed by atoms with E-state index in [1.165, 1.54) is 19.1 Å². The number of carbonyl (C=O) groups excluding carboxylic acids is 1. The fourth-order valence-electron chi connectivity index (χ4n) is 2.52. The van der Waals surface area contributed by atoms with Gasteiger partial charge in [0.05, 0.1) is 21.6 Å². The van der Waals surface area contributed by atoms with Crippen LogP contribution in [0.4, 0.5) is 5.69 Å². The van der Waals surface area contributed by atoms with Crippen LogP contribution < -0.4 is 10.0 Å². The lowest BCUT2D eigenvalue weighted by atomic mass is 10.1. The molecule has 0 spiro atoms. The zero-order valence-corrected chi connectivity index (χ0v) is 16.6. The molecule has 1 atom stereocenters. The van der Waals surface area contributed by atoms with Crippen molar-refractivity contribution in [3.63, 3.8) is 0 Å². The molecule has 27 heavy (non-hydrogen) atoms. The molecule has 0 fully saturated rings. The van der Waals surface area contributed by atoms with Crippen LogP contribution in [0.25, 0.3) is 10.8 Å². The lowest BCUT2D eigenvalue weighted by molar-refractivity contribution is -0.117. The topological polar surface area (TPSA) is 75.3 Å². The number of sulfonamides is 1. The van der Waals surface area contributed by atoms with Crippen molar-refractivity contribution in [3.8, 4) is 0 Å². The summed E-state index contributed by atoms with van der Waals surface area (Å²) in [5.41, 5.74) is 0.350. The maximum Gasteiger partial charge on any atom is 0.242 e. The van der Waals surface area contributed by atoms with Crippen LogP contribution in [0.5, 0.6) is 0 Å². The van der Waals surface area contributed by atoms with Crippen LogP contribution in [0.1, 0.15) is 6.92 Å². The fraction of sp³-hybridized carbons (Fsp3) is 0.105. The Hall–Kier alpha value is -2.12. The third-order valence-corrected chi connectivity index (χ3v) is 6.03. The molecule has 5 nitrogen and oxygen atoms in total. The van der Waals surface area contributed by atoms with E-state index in [1.807, 2.05) is 24.3 Å². The van der Waals surface area contributed by atoms with E-state index in [1.54, 1.807) is 24.3 Å². The maximum absolute atomic E-state index is 12.6. The van der Waals surface area contributed by atoms with Gasteiger partial charge in [0.1, 0.15) is 0 Å². The molecule has 0 aliphatic rings. The molecule has 0 unspecified atom stereocenters. The average molecular weight is 423 g/mol. The molecular formula is C19H16Cl2N2O3S. The number of hydrogen-bond acceptors (Lipinski definition) is 3. The van der Waals surface area contributed by atoms with Gasteiger partial charge in [0, 0.05) is 5.02 Å². The van der Waals surface area contributed by atoms with E-state index in [0.29, 0.717) is 10.7 Å². The predicted molar refractivity (Wildman–Crippen MR) is 109 cm³/mol. The van der Waals surface area contributed by atoms with Gasteiger partial charge in [-0.1, -0.05) is 53.5 Å². The van der Waals surface area contributed by atoms with Gasteiger partial charge in [-0.2, -0.15) is 4.72 Å². The van der Waals surface area contributed by atoms with Gasteiger partial charge in [0.2, 0.25) is 15.9 Å². The highest BCUT2D eigenvalue weighted by molar-refractivity contribution is 7.89. The Kier molecular flexibility index (Phi) is 5.72. The maximum atomic E-state index is 12.6. The number of rotatable bonds is 5. The molecule has 0 saturated carbocycles. The van der Waals surface area contributed by atoms with Gasteiger partial charge in [-0.15, -0.1) is 0 Å². The van der Waals surface area contributed by atoms with Crippen molar-refractivity contribution in [2.24, 2.45) is 0 Å². The SMILES string of the molecule is C[C@H](NS(=O)(=O)c1ccc2ccccc2c1)C(=O)Nc1ccc(Cl)cc1Cl. The van der Waals surface area contributed by atoms with Crippen LogP contribution in [0, 0.1) is 0 Å². The number of hydrogen-bond donors (Lipinski definition) is 2. The number of anilines is 1. The Labute approximate surface area is 167 Å². The van der Waals surface area contributed by atoms with Crippen LogP contribution in [0.2, 0.25) is 10.0 Å². The van der Waals surface area contributed by atoms with E-state index < -0.39 is 22.0 Å². The summed E-state index contributed by atoms with van der Waals surface area (Å²) in [4.78, 5) is 12.4. The summed E-state index contributed by atoms with van der Waals surface area (Å²) in [6.07, 6.45) is 0. The second kappa shape index (κ2) is 7.86. The number of carbonyl (C=O) groups is 1. The third kappa shape index (κ3) is 4.59. The van der Waals surface area contributed by atoms with E-state index in [4.69, 9.17) is 23.2 Å². The largest absolute Gasteiger partial charge is 0.323 e. The predicted octanol–water partition coefficient (Wildman–Crippen LogP) is 4.45. The highest BCUT2D eigenvalue weighted by Crippen LogP contribution is 2.25. The van der Waals surface area contributed by atoms with Gasteiger partial charge in [-0.3, -0.25) is 4.79 Å². The van der Waals surface area contributed by atoms with Crippen molar-refractivity contribution in [2.75, 3.05) is 5.32 Å². The van der Waals surface area contributed by atoms with Crippen molar-refractivity contribution in [2.45, 2.75) is 17.9 Å². The molecule has 0 bridgehead atoms. The highest BCUT2D eigenvalue weighted by atomic mass is 35.5. The number of nitrogens with one attached hydrogen (secondary N) is 2. The first-order valence-corrected chi connectivity index (χ1v) is 10.3. The number of halogens is 2. The van der Waals surface area contributed by atoms with Crippen molar-refractivity contribution < 1.29 is 13.2 Å². The standard InChI is InChI=1S/C19H16Cl2N2O3S/c1-12(19(24)22-18-9-7-15(20)11-17(18)21)23-27(25,26)16-8-6-13-4-2-3-5-14(13)10-16/h2-12,23H,1H3,(H,22,24)/t12-/m0/s1. The molecule has 3 aromatic rings. The molecule has 3 rings (SSSR count). The molecule has 140 valence electrons. The summed E-state index contributed by atoms with van der Waals surface area (Å²) in [7, 11) is -3.87. The summed E-state index contributed by atoms with van der Waals surface area (Å²) >= 11 is 11.8. The quantitative estimate of drug-likeness (QED) is 0.637. The van der Waals surface area contributed by atoms with E-state index >= 15 is 0 Å². The fourth-order valence-corrected chi connectivity index (χ4v) is 4.21. The summed E-state index contributed by atoms with van der Waals surface area (Å²) in [5, 5.41) is 5.01. The van der Waals surface area contributed by atoms with E-state index in [-0.39, 0.29) is 9.92 Å². The summed E-state index contributed by atoms with van der Waals surface area (Å²) in [5.74, 6) is -0.538. The van der Waals surface area contributed by atoms with Crippen molar-refractivity contribution in [1.29, 1.82) is 0 Å². The Morgan fingerprint density at radius 2 is 1.67 bits per heavy atom. The molecule has 0 saturated heterocycles. The molecule has 3 aromatic carbocycles. The summed E-state index contributed by atoms with van der Waals surface area (Å²) < 4.78 is 27.6. The Balaban J connectivity index is 1.76. The smallest absolute Gasteiger partial charge is 0.242 e. The zero-order chi connectivity index (χ0) is 19.6. The molecule has 8 heteroatoms. The van der Waals surface area contributed by atoms with Crippen LogP contribution in [-0.2, 0) is 14.8 Å². The minimum absolute atomic E-state index is 0.0883. The Morgan fingerprint density at radius 3 is 2.37 bits per heavy atom. The lowest BCUT2D eigenvalue weighted by Crippen LogP contribution is -2.41. The van der Waals surface area contributed by atoms with Gasteiger partial charge in [-0.25, -0.2) is 8.42 Å². The summed E-state index contributed by atoms with van der Waals surface area (Å²) in [6, 6.07) is 15.8. The van der Waals surface area contributed by atoms with Crippen LogP contribution >= 0.6 is 23.2 Å². The Bertz CT molecular complexity index is 1120. The minimum atomic E-state index is -3.87. The van der Waals surface area contributed by atoms with Gasteiger partial charge >= 0.3 is 0 Å². The number of benzene rings is 3. The lowest BCUT2D eigenvalue weighted by Gasteiger charge is -2.15. The van der Waals surface area contributed by atoms with Crippen LogP contribution in [0.15, 0.2) is 65.6 Å². The van der Waals surface area contributed by atoms with Gasteiger partial charge in [-0.05, 0) is 48.0 Å². The van der Waals surface area contributed by atoms with Crippen molar-refractivity contribution in [1.82, 2.24) is 4.72 Å². The van der Waals surface area contributed by atoms with Gasteiger partial charge in [0.25, 0.3) is 0 Å². The first kappa shape index (κ1) is 19.6. The van der Waals surface area contributed by atoms with E-state index in [0.717, 1.165) is 10.8 Å². The van der Waals surface area contributed by atoms with Crippen LogP contribution in [-0.4, -0.2) is 20.4 Å². The average Bonchev–Trinajstić information content (AvgIpc) is 2.63. The first-order chi connectivity index (χ1) is 12.8. The van der Waals surface area contributed by atoms with Crippen LogP contribution in [0.3, 0.4) is 0 Å². The van der Waals surface area contributed by atoms with Gasteiger partial charge in [0.15, 0.2) is 0 Å². The zero-order valence-electron chi connectivity index (χ0n) is 14.2. The molecule has 0 aliphatic heterocycles. The van der Waals surface area contributed by atoms with Crippen molar-refractivity contribution >= 4 is 55.6 Å². The monoisotopic (exact) mass is 422 g/mol. The second-order valence-electron chi connectivity index (χ2n) is 5.97. The molecule has 1 amide bonds. The minimum Gasteiger partial charge on any atom is -0.323 e. The molecule has 0 radical (unpaired) electrons. The molecular weight excluding hydrogens is 407 g/mol. The van der Waals surface area contributed by atoms with E-state index in [9.17, 15) is 13.2 Å². The normalized spacial score (nSPS) is 12.7. The second-order valence-corrected chi connectivity index (χ2v) is 8.52. The molecule has 2 N–H and O–H groups in total. The highest BCUT2D eigenvalue weighted by Gasteiger charge is 2.22. The van der Waals surface area contributed by atoms with Gasteiger partial charge < -0.3 is 5.32 Å². The molecule has 0 heterocycles. The number of amides is 1. The van der Waals surface area contributed by atoms with Crippen molar-refractivity contribution in [3.05, 3.63) is 70.7 Å².